The second-order valence-electron chi connectivity index (χ2n) is 4.46. The maximum absolute atomic E-state index is 10.1. The van der Waals surface area contributed by atoms with Crippen molar-refractivity contribution in [3.8, 4) is 0 Å². The molecular formula is C12H23N3O8. The van der Waals surface area contributed by atoms with Gasteiger partial charge in [0.2, 0.25) is 0 Å². The van der Waals surface area contributed by atoms with Gasteiger partial charge in [0, 0.05) is 6.42 Å². The van der Waals surface area contributed by atoms with E-state index in [0.717, 1.165) is 19.4 Å². The Morgan fingerprint density at radius 2 is 1.61 bits per heavy atom. The first-order valence-corrected chi connectivity index (χ1v) is 6.70. The van der Waals surface area contributed by atoms with Crippen molar-refractivity contribution >= 4 is 23.9 Å². The maximum atomic E-state index is 10.1. The van der Waals surface area contributed by atoms with Crippen LogP contribution in [-0.4, -0.2) is 69.5 Å². The standard InChI is InChI=1S/C5H9NO4.C5H9NO2.C2H5NO2/c6-3(5(9)10)1-2-4(7)8;7-5(8)4-2-1-3-6-4;3-1-2(4)5/h3H,1-2,6H2,(H,7,8)(H,9,10);4,6H,1-3H2,(H,7,8);1,3H2,(H,4,5)/t3-;4-;/m00./s1. The number of carbonyl (C=O) groups is 4. The largest absolute Gasteiger partial charge is 0.481 e. The molecule has 1 aliphatic rings. The summed E-state index contributed by atoms with van der Waals surface area (Å²) in [5.41, 5.74) is 9.57. The van der Waals surface area contributed by atoms with Crippen LogP contribution in [0.5, 0.6) is 0 Å². The number of hydrogen-bond donors (Lipinski definition) is 7. The van der Waals surface area contributed by atoms with E-state index in [1.54, 1.807) is 0 Å². The molecule has 0 saturated carbocycles. The van der Waals surface area contributed by atoms with Crippen LogP contribution in [0, 0.1) is 0 Å². The molecule has 0 aromatic heterocycles. The highest BCUT2D eigenvalue weighted by atomic mass is 16.4. The minimum atomic E-state index is -1.17. The maximum Gasteiger partial charge on any atom is 0.320 e. The number of hydrogen-bond acceptors (Lipinski definition) is 7. The van der Waals surface area contributed by atoms with Crippen LogP contribution in [0.2, 0.25) is 0 Å². The Balaban J connectivity index is 0. The van der Waals surface area contributed by atoms with Crippen molar-refractivity contribution in [3.05, 3.63) is 0 Å². The third-order valence-electron chi connectivity index (χ3n) is 2.52. The summed E-state index contributed by atoms with van der Waals surface area (Å²) >= 11 is 0. The first kappa shape index (κ1) is 23.0. The molecule has 0 unspecified atom stereocenters. The van der Waals surface area contributed by atoms with Gasteiger partial charge in [-0.15, -0.1) is 0 Å². The van der Waals surface area contributed by atoms with E-state index in [2.05, 4.69) is 11.1 Å². The zero-order valence-electron chi connectivity index (χ0n) is 12.5. The van der Waals surface area contributed by atoms with Gasteiger partial charge in [-0.1, -0.05) is 0 Å². The van der Waals surface area contributed by atoms with Crippen molar-refractivity contribution in [2.24, 2.45) is 11.5 Å². The lowest BCUT2D eigenvalue weighted by atomic mass is 10.2. The molecule has 9 N–H and O–H groups in total. The number of carboxylic acid groups (broad SMARTS) is 4. The fourth-order valence-electron chi connectivity index (χ4n) is 1.30. The topological polar surface area (TPSA) is 213 Å². The Labute approximate surface area is 132 Å². The van der Waals surface area contributed by atoms with Crippen LogP contribution in [0.15, 0.2) is 0 Å². The lowest BCUT2D eigenvalue weighted by molar-refractivity contribution is -0.140. The Morgan fingerprint density at radius 1 is 1.09 bits per heavy atom. The van der Waals surface area contributed by atoms with Crippen LogP contribution in [0.3, 0.4) is 0 Å². The molecule has 11 heteroatoms. The highest BCUT2D eigenvalue weighted by Crippen LogP contribution is 2.03. The number of rotatable bonds is 6. The predicted molar refractivity (Wildman–Crippen MR) is 77.8 cm³/mol. The Kier molecular flexibility index (Phi) is 13.4. The lowest BCUT2D eigenvalue weighted by Gasteiger charge is -2.01. The molecule has 2 atom stereocenters. The predicted octanol–water partition coefficient (Wildman–Crippen LogP) is -1.88. The minimum Gasteiger partial charge on any atom is -0.481 e. The van der Waals surface area contributed by atoms with Gasteiger partial charge < -0.3 is 37.2 Å². The quantitative estimate of drug-likeness (QED) is 0.284. The molecule has 134 valence electrons. The highest BCUT2D eigenvalue weighted by molar-refractivity contribution is 5.74. The van der Waals surface area contributed by atoms with Crippen LogP contribution < -0.4 is 16.8 Å². The van der Waals surface area contributed by atoms with Crippen molar-refractivity contribution < 1.29 is 39.6 Å². The summed E-state index contributed by atoms with van der Waals surface area (Å²) in [6.07, 6.45) is 1.56. The summed E-state index contributed by atoms with van der Waals surface area (Å²) in [6, 6.07) is -1.33. The summed E-state index contributed by atoms with van der Waals surface area (Å²) in [6.45, 7) is 0.580. The molecular weight excluding hydrogens is 314 g/mol. The van der Waals surface area contributed by atoms with E-state index >= 15 is 0 Å². The smallest absolute Gasteiger partial charge is 0.320 e. The molecule has 0 spiro atoms. The zero-order chi connectivity index (χ0) is 18.4. The van der Waals surface area contributed by atoms with E-state index in [4.69, 9.17) is 26.2 Å². The van der Waals surface area contributed by atoms with Gasteiger partial charge in [-0.3, -0.25) is 19.2 Å². The summed E-state index contributed by atoms with van der Waals surface area (Å²) in [4.78, 5) is 39.3. The monoisotopic (exact) mass is 337 g/mol. The molecule has 1 heterocycles. The van der Waals surface area contributed by atoms with Crippen LogP contribution in [0.1, 0.15) is 25.7 Å². The summed E-state index contributed by atoms with van der Waals surface area (Å²) < 4.78 is 0. The van der Waals surface area contributed by atoms with Crippen LogP contribution in [0.4, 0.5) is 0 Å². The highest BCUT2D eigenvalue weighted by Gasteiger charge is 2.20. The molecule has 0 aliphatic carbocycles. The molecule has 0 bridgehead atoms. The summed E-state index contributed by atoms with van der Waals surface area (Å²) in [5.74, 6) is -3.88. The SMILES string of the molecule is NCC(=O)O.N[C@@H](CCC(=O)O)C(=O)O.O=C(O)[C@@H]1CCCN1. The van der Waals surface area contributed by atoms with Crippen molar-refractivity contribution in [2.75, 3.05) is 13.1 Å². The van der Waals surface area contributed by atoms with E-state index in [0.29, 0.717) is 0 Å². The van der Waals surface area contributed by atoms with Crippen LogP contribution >= 0.6 is 0 Å². The van der Waals surface area contributed by atoms with Gasteiger partial charge in [0.15, 0.2) is 0 Å². The Hall–Kier alpha value is -2.24. The zero-order valence-corrected chi connectivity index (χ0v) is 12.5. The summed E-state index contributed by atoms with van der Waals surface area (Å²) in [5, 5.41) is 35.1. The second-order valence-corrected chi connectivity index (χ2v) is 4.46. The van der Waals surface area contributed by atoms with Crippen molar-refractivity contribution in [1.82, 2.24) is 5.32 Å². The fourth-order valence-corrected chi connectivity index (χ4v) is 1.30. The van der Waals surface area contributed by atoms with Crippen molar-refractivity contribution in [3.63, 3.8) is 0 Å². The van der Waals surface area contributed by atoms with Gasteiger partial charge in [0.05, 0.1) is 6.54 Å². The normalized spacial score (nSPS) is 16.9. The minimum absolute atomic E-state index is 0.0231. The molecule has 0 aromatic rings. The van der Waals surface area contributed by atoms with E-state index in [1.165, 1.54) is 0 Å². The van der Waals surface area contributed by atoms with Gasteiger partial charge in [0.1, 0.15) is 12.1 Å². The summed E-state index contributed by atoms with van der Waals surface area (Å²) in [7, 11) is 0. The lowest BCUT2D eigenvalue weighted by Crippen LogP contribution is -2.30. The van der Waals surface area contributed by atoms with Gasteiger partial charge in [-0.2, -0.15) is 0 Å². The number of carboxylic acids is 4. The van der Waals surface area contributed by atoms with E-state index < -0.39 is 29.9 Å². The Morgan fingerprint density at radius 3 is 1.83 bits per heavy atom. The molecule has 11 nitrogen and oxygen atoms in total. The average Bonchev–Trinajstić information content (AvgIpc) is 3.00. The molecule has 0 aromatic carbocycles. The van der Waals surface area contributed by atoms with E-state index in [9.17, 15) is 19.2 Å². The molecule has 1 rings (SSSR count). The van der Waals surface area contributed by atoms with Crippen molar-refractivity contribution in [2.45, 2.75) is 37.8 Å². The van der Waals surface area contributed by atoms with Gasteiger partial charge in [-0.25, -0.2) is 0 Å². The van der Waals surface area contributed by atoms with E-state index in [-0.39, 0.29) is 25.4 Å². The van der Waals surface area contributed by atoms with Crippen LogP contribution in [-0.2, 0) is 19.2 Å². The van der Waals surface area contributed by atoms with Crippen molar-refractivity contribution in [1.29, 1.82) is 0 Å². The molecule has 0 radical (unpaired) electrons. The molecule has 0 amide bonds. The number of aliphatic carboxylic acids is 4. The third kappa shape index (κ3) is 16.0. The first-order valence-electron chi connectivity index (χ1n) is 6.70. The molecule has 1 aliphatic heterocycles. The van der Waals surface area contributed by atoms with Gasteiger partial charge in [0.25, 0.3) is 0 Å². The number of nitrogens with one attached hydrogen (secondary N) is 1. The second kappa shape index (κ2) is 13.4. The molecule has 23 heavy (non-hydrogen) atoms. The molecule has 1 saturated heterocycles. The fraction of sp³-hybridized carbons (Fsp3) is 0.667. The van der Waals surface area contributed by atoms with Gasteiger partial charge in [-0.05, 0) is 25.8 Å². The first-order chi connectivity index (χ1) is 10.6. The van der Waals surface area contributed by atoms with Gasteiger partial charge >= 0.3 is 23.9 Å². The third-order valence-corrected chi connectivity index (χ3v) is 2.52. The van der Waals surface area contributed by atoms with Crippen LogP contribution in [0.25, 0.3) is 0 Å². The molecule has 1 fully saturated rings. The average molecular weight is 337 g/mol. The number of nitrogens with two attached hydrogens (primary N) is 2. The Bertz CT molecular complexity index is 396. The van der Waals surface area contributed by atoms with E-state index in [1.807, 2.05) is 0 Å².